The minimum absolute atomic E-state index is 0.0264. The van der Waals surface area contributed by atoms with Crippen LogP contribution in [0.4, 0.5) is 10.1 Å². The summed E-state index contributed by atoms with van der Waals surface area (Å²) in [5.74, 6) is -1.45. The molecular formula is C32H41FN2O3. The summed E-state index contributed by atoms with van der Waals surface area (Å²) >= 11 is 0. The lowest BCUT2D eigenvalue weighted by molar-refractivity contribution is -0.165. The van der Waals surface area contributed by atoms with Crippen molar-refractivity contribution in [2.24, 2.45) is 11.8 Å². The Balaban J connectivity index is 1.56. The molecule has 0 spiro atoms. The van der Waals surface area contributed by atoms with Crippen LogP contribution < -0.4 is 5.32 Å². The molecule has 0 unspecified atom stereocenters. The standard InChI is InChI=1S/C32H41FN2O3/c1-20-9-7-13-26(33)28(20)30(36)35-27-14-8-10-22(27)19-25(31(37)38-32(2,3)4)29(35)21-15-17-24(18-16-21)34-23-11-5-6-12-23/h7,9,13,15-18,22-23,25,27,29,34H,5-6,8,10-12,14,19H2,1-4H3/t22-,25+,27-,29+/m0/s1. The summed E-state index contributed by atoms with van der Waals surface area (Å²) in [7, 11) is 0. The molecule has 0 aromatic heterocycles. The van der Waals surface area contributed by atoms with Gasteiger partial charge in [0.2, 0.25) is 0 Å². The number of nitrogens with zero attached hydrogens (tertiary/aromatic N) is 1. The number of esters is 1. The fourth-order valence-corrected chi connectivity index (χ4v) is 6.90. The van der Waals surface area contributed by atoms with E-state index in [-0.39, 0.29) is 29.4 Å². The number of anilines is 1. The van der Waals surface area contributed by atoms with Gasteiger partial charge in [0.1, 0.15) is 11.4 Å². The number of likely N-dealkylation sites (tertiary alicyclic amines) is 1. The van der Waals surface area contributed by atoms with E-state index in [9.17, 15) is 9.59 Å². The van der Waals surface area contributed by atoms with Crippen LogP contribution in [0, 0.1) is 24.6 Å². The molecule has 5 rings (SSSR count). The van der Waals surface area contributed by atoms with Gasteiger partial charge in [-0.1, -0.05) is 43.5 Å². The number of hydrogen-bond acceptors (Lipinski definition) is 4. The molecule has 1 saturated heterocycles. The summed E-state index contributed by atoms with van der Waals surface area (Å²) in [4.78, 5) is 29.8. The molecule has 2 saturated carbocycles. The molecule has 3 aliphatic rings. The summed E-state index contributed by atoms with van der Waals surface area (Å²) in [5.41, 5.74) is 2.02. The van der Waals surface area contributed by atoms with E-state index in [0.29, 0.717) is 18.0 Å². The lowest BCUT2D eigenvalue weighted by atomic mass is 9.76. The number of carbonyl (C=O) groups excluding carboxylic acids is 2. The highest BCUT2D eigenvalue weighted by Crippen LogP contribution is 2.49. The lowest BCUT2D eigenvalue weighted by Gasteiger charge is -2.48. The normalized spacial score (nSPS) is 25.8. The zero-order chi connectivity index (χ0) is 27.0. The predicted octanol–water partition coefficient (Wildman–Crippen LogP) is 7.20. The van der Waals surface area contributed by atoms with E-state index in [1.807, 2.05) is 37.8 Å². The number of fused-ring (bicyclic) bond motifs is 1. The van der Waals surface area contributed by atoms with E-state index in [1.54, 1.807) is 19.1 Å². The molecule has 2 aromatic rings. The van der Waals surface area contributed by atoms with Gasteiger partial charge in [-0.2, -0.15) is 0 Å². The summed E-state index contributed by atoms with van der Waals surface area (Å²) in [6.45, 7) is 7.39. The molecule has 0 bridgehead atoms. The molecule has 6 heteroatoms. The summed E-state index contributed by atoms with van der Waals surface area (Å²) in [5, 5.41) is 3.63. The third-order valence-corrected chi connectivity index (χ3v) is 8.57. The molecule has 38 heavy (non-hydrogen) atoms. The van der Waals surface area contributed by atoms with Gasteiger partial charge < -0.3 is 15.0 Å². The number of halogens is 1. The van der Waals surface area contributed by atoms with Gasteiger partial charge in [-0.05, 0) is 95.0 Å². The van der Waals surface area contributed by atoms with Crippen molar-refractivity contribution in [2.45, 2.75) is 103 Å². The Morgan fingerprint density at radius 1 is 0.974 bits per heavy atom. The van der Waals surface area contributed by atoms with Gasteiger partial charge in [0.25, 0.3) is 5.91 Å². The third kappa shape index (κ3) is 5.45. The van der Waals surface area contributed by atoms with Crippen LogP contribution in [0.15, 0.2) is 42.5 Å². The van der Waals surface area contributed by atoms with Crippen LogP contribution in [0.25, 0.3) is 0 Å². The number of hydrogen-bond donors (Lipinski definition) is 1. The molecule has 204 valence electrons. The van der Waals surface area contributed by atoms with Gasteiger partial charge in [-0.15, -0.1) is 0 Å². The molecular weight excluding hydrogens is 479 g/mol. The Kier molecular flexibility index (Phi) is 7.52. The molecule has 3 fully saturated rings. The van der Waals surface area contributed by atoms with Crippen molar-refractivity contribution in [1.82, 2.24) is 4.90 Å². The molecule has 1 aliphatic heterocycles. The van der Waals surface area contributed by atoms with Gasteiger partial charge in [-0.3, -0.25) is 9.59 Å². The van der Waals surface area contributed by atoms with Crippen molar-refractivity contribution < 1.29 is 18.7 Å². The summed E-state index contributed by atoms with van der Waals surface area (Å²) in [6.07, 6.45) is 8.36. The van der Waals surface area contributed by atoms with Crippen LogP contribution in [-0.2, 0) is 9.53 Å². The fourth-order valence-electron chi connectivity index (χ4n) is 6.90. The number of ether oxygens (including phenoxy) is 1. The van der Waals surface area contributed by atoms with Gasteiger partial charge in [0.05, 0.1) is 17.5 Å². The Morgan fingerprint density at radius 2 is 1.68 bits per heavy atom. The second-order valence-corrected chi connectivity index (χ2v) is 12.5. The molecule has 1 N–H and O–H groups in total. The highest BCUT2D eigenvalue weighted by molar-refractivity contribution is 5.97. The van der Waals surface area contributed by atoms with E-state index < -0.39 is 23.4 Å². The molecule has 2 aromatic carbocycles. The largest absolute Gasteiger partial charge is 0.460 e. The van der Waals surface area contributed by atoms with Crippen LogP contribution in [0.3, 0.4) is 0 Å². The Hall–Kier alpha value is -2.89. The number of carbonyl (C=O) groups is 2. The number of piperidine rings is 1. The van der Waals surface area contributed by atoms with Crippen molar-refractivity contribution in [3.05, 3.63) is 65.0 Å². The molecule has 5 nitrogen and oxygen atoms in total. The number of aryl methyl sites for hydroxylation is 1. The van der Waals surface area contributed by atoms with Crippen molar-refractivity contribution in [3.8, 4) is 0 Å². The van der Waals surface area contributed by atoms with Gasteiger partial charge in [-0.25, -0.2) is 4.39 Å². The van der Waals surface area contributed by atoms with Gasteiger partial charge in [0.15, 0.2) is 0 Å². The number of rotatable bonds is 5. The molecule has 1 heterocycles. The maximum Gasteiger partial charge on any atom is 0.311 e. The van der Waals surface area contributed by atoms with Crippen molar-refractivity contribution in [1.29, 1.82) is 0 Å². The van der Waals surface area contributed by atoms with E-state index >= 15 is 4.39 Å². The summed E-state index contributed by atoms with van der Waals surface area (Å²) < 4.78 is 21.0. The number of nitrogens with one attached hydrogen (secondary N) is 1. The third-order valence-electron chi connectivity index (χ3n) is 8.57. The SMILES string of the molecule is Cc1cccc(F)c1C(=O)N1[C@H](c2ccc(NC3CCCC3)cc2)[C@H](C(=O)OC(C)(C)C)C[C@@H]2CCC[C@@H]21. The second-order valence-electron chi connectivity index (χ2n) is 12.5. The monoisotopic (exact) mass is 520 g/mol. The molecule has 1 amide bonds. The number of benzene rings is 2. The van der Waals surface area contributed by atoms with E-state index in [2.05, 4.69) is 17.4 Å². The van der Waals surface area contributed by atoms with E-state index in [1.165, 1.54) is 31.7 Å². The Labute approximate surface area is 226 Å². The number of amides is 1. The smallest absolute Gasteiger partial charge is 0.311 e. The van der Waals surface area contributed by atoms with Crippen molar-refractivity contribution in [2.75, 3.05) is 5.32 Å². The Morgan fingerprint density at radius 3 is 2.34 bits per heavy atom. The van der Waals surface area contributed by atoms with Crippen LogP contribution in [0.5, 0.6) is 0 Å². The van der Waals surface area contributed by atoms with Crippen molar-refractivity contribution >= 4 is 17.6 Å². The Bertz CT molecular complexity index is 1150. The zero-order valence-corrected chi connectivity index (χ0v) is 23.1. The minimum Gasteiger partial charge on any atom is -0.460 e. The average Bonchev–Trinajstić information content (AvgIpc) is 3.54. The lowest BCUT2D eigenvalue weighted by Crippen LogP contribution is -2.54. The predicted molar refractivity (Wildman–Crippen MR) is 147 cm³/mol. The van der Waals surface area contributed by atoms with Crippen molar-refractivity contribution in [3.63, 3.8) is 0 Å². The second kappa shape index (κ2) is 10.7. The maximum absolute atomic E-state index is 15.1. The molecule has 0 radical (unpaired) electrons. The average molecular weight is 521 g/mol. The van der Waals surface area contributed by atoms with E-state index in [0.717, 1.165) is 30.5 Å². The topological polar surface area (TPSA) is 58.6 Å². The van der Waals surface area contributed by atoms with Crippen LogP contribution >= 0.6 is 0 Å². The minimum atomic E-state index is -0.639. The van der Waals surface area contributed by atoms with Gasteiger partial charge in [0, 0.05) is 17.8 Å². The van der Waals surface area contributed by atoms with E-state index in [4.69, 9.17) is 4.74 Å². The van der Waals surface area contributed by atoms with Crippen LogP contribution in [0.1, 0.15) is 99.7 Å². The maximum atomic E-state index is 15.1. The first-order valence-corrected chi connectivity index (χ1v) is 14.3. The summed E-state index contributed by atoms with van der Waals surface area (Å²) in [6, 6.07) is 12.9. The molecule has 4 atom stereocenters. The molecule has 2 aliphatic carbocycles. The van der Waals surface area contributed by atoms with Crippen LogP contribution in [-0.4, -0.2) is 34.5 Å². The fraction of sp³-hybridized carbons (Fsp3) is 0.562. The quantitative estimate of drug-likeness (QED) is 0.424. The first kappa shape index (κ1) is 26.7. The zero-order valence-electron chi connectivity index (χ0n) is 23.1. The highest BCUT2D eigenvalue weighted by Gasteiger charge is 2.51. The highest BCUT2D eigenvalue weighted by atomic mass is 19.1. The van der Waals surface area contributed by atoms with Gasteiger partial charge >= 0.3 is 5.97 Å². The first-order valence-electron chi connectivity index (χ1n) is 14.3. The first-order chi connectivity index (χ1) is 18.1. The van der Waals surface area contributed by atoms with Crippen LogP contribution in [0.2, 0.25) is 0 Å².